The molecule has 114 valence electrons. The van der Waals surface area contributed by atoms with Crippen LogP contribution in [-0.4, -0.2) is 67.4 Å². The number of piperidine rings is 1. The summed E-state index contributed by atoms with van der Waals surface area (Å²) in [6, 6.07) is 0.459. The van der Waals surface area contributed by atoms with E-state index in [-0.39, 0.29) is 17.7 Å². The summed E-state index contributed by atoms with van der Waals surface area (Å²) >= 11 is 0. The summed E-state index contributed by atoms with van der Waals surface area (Å²) < 4.78 is 0. The van der Waals surface area contributed by atoms with Gasteiger partial charge in [0, 0.05) is 25.7 Å². The van der Waals surface area contributed by atoms with E-state index in [2.05, 4.69) is 10.2 Å². The van der Waals surface area contributed by atoms with Crippen LogP contribution in [0.5, 0.6) is 0 Å². The van der Waals surface area contributed by atoms with Crippen molar-refractivity contribution in [2.45, 2.75) is 31.7 Å². The number of nitrogens with one attached hydrogen (secondary N) is 1. The molecular formula is C14H26N4O2. The van der Waals surface area contributed by atoms with E-state index in [0.29, 0.717) is 19.1 Å². The van der Waals surface area contributed by atoms with Gasteiger partial charge in [-0.05, 0) is 39.3 Å². The lowest BCUT2D eigenvalue weighted by Gasteiger charge is -2.33. The number of nitrogens with two attached hydrogens (primary N) is 1. The van der Waals surface area contributed by atoms with E-state index in [1.54, 1.807) is 0 Å². The minimum Gasteiger partial charge on any atom is -0.369 e. The number of hydrogen-bond donors (Lipinski definition) is 2. The van der Waals surface area contributed by atoms with Crippen LogP contribution in [0.4, 0.5) is 0 Å². The van der Waals surface area contributed by atoms with Crippen LogP contribution in [0.15, 0.2) is 0 Å². The highest BCUT2D eigenvalue weighted by molar-refractivity contribution is 5.81. The number of carbonyl (C=O) groups excluding carboxylic acids is 2. The van der Waals surface area contributed by atoms with Gasteiger partial charge in [0.1, 0.15) is 0 Å². The molecule has 2 aliphatic rings. The molecule has 2 rings (SSSR count). The Bertz CT molecular complexity index is 361. The molecule has 2 aliphatic heterocycles. The molecule has 2 saturated heterocycles. The third kappa shape index (κ3) is 3.70. The molecule has 0 aliphatic carbocycles. The predicted molar refractivity (Wildman–Crippen MR) is 77.0 cm³/mol. The van der Waals surface area contributed by atoms with Gasteiger partial charge in [0.15, 0.2) is 0 Å². The molecule has 0 spiro atoms. The topological polar surface area (TPSA) is 78.7 Å². The number of amides is 2. The summed E-state index contributed by atoms with van der Waals surface area (Å²) in [7, 11) is 1.94. The van der Waals surface area contributed by atoms with Crippen molar-refractivity contribution >= 4 is 11.8 Å². The number of hydrogen-bond acceptors (Lipinski definition) is 4. The third-order valence-corrected chi connectivity index (χ3v) is 4.45. The number of primary amides is 1. The van der Waals surface area contributed by atoms with Gasteiger partial charge in [0.05, 0.1) is 12.5 Å². The van der Waals surface area contributed by atoms with Crippen molar-refractivity contribution < 1.29 is 9.59 Å². The Morgan fingerprint density at radius 1 is 1.25 bits per heavy atom. The van der Waals surface area contributed by atoms with Crippen LogP contribution in [0.1, 0.15) is 25.7 Å². The largest absolute Gasteiger partial charge is 0.369 e. The summed E-state index contributed by atoms with van der Waals surface area (Å²) in [5.74, 6) is -0.310. The molecule has 0 aromatic rings. The molecule has 2 atom stereocenters. The van der Waals surface area contributed by atoms with E-state index in [4.69, 9.17) is 5.73 Å². The second-order valence-electron chi connectivity index (χ2n) is 5.91. The van der Waals surface area contributed by atoms with Gasteiger partial charge in [-0.1, -0.05) is 0 Å². The molecule has 0 aromatic carbocycles. The Morgan fingerprint density at radius 3 is 2.70 bits per heavy atom. The highest BCUT2D eigenvalue weighted by Crippen LogP contribution is 2.19. The quantitative estimate of drug-likeness (QED) is 0.705. The third-order valence-electron chi connectivity index (χ3n) is 4.45. The van der Waals surface area contributed by atoms with E-state index >= 15 is 0 Å². The Hall–Kier alpha value is -1.14. The fourth-order valence-corrected chi connectivity index (χ4v) is 3.28. The van der Waals surface area contributed by atoms with E-state index in [0.717, 1.165) is 45.3 Å². The van der Waals surface area contributed by atoms with E-state index < -0.39 is 0 Å². The molecule has 0 bridgehead atoms. The molecule has 2 unspecified atom stereocenters. The first-order chi connectivity index (χ1) is 9.61. The number of nitrogens with zero attached hydrogens (tertiary/aromatic N) is 2. The highest BCUT2D eigenvalue weighted by atomic mass is 16.2. The maximum Gasteiger partial charge on any atom is 0.236 e. The first-order valence-corrected chi connectivity index (χ1v) is 7.57. The van der Waals surface area contributed by atoms with Gasteiger partial charge < -0.3 is 16.0 Å². The second-order valence-corrected chi connectivity index (χ2v) is 5.91. The zero-order valence-electron chi connectivity index (χ0n) is 12.3. The van der Waals surface area contributed by atoms with Crippen LogP contribution >= 0.6 is 0 Å². The van der Waals surface area contributed by atoms with Gasteiger partial charge in [-0.15, -0.1) is 0 Å². The molecule has 2 heterocycles. The first-order valence-electron chi connectivity index (χ1n) is 7.57. The van der Waals surface area contributed by atoms with Crippen LogP contribution in [0, 0.1) is 5.92 Å². The molecule has 6 nitrogen and oxygen atoms in total. The van der Waals surface area contributed by atoms with Gasteiger partial charge in [0.2, 0.25) is 11.8 Å². The molecule has 6 heteroatoms. The van der Waals surface area contributed by atoms with Gasteiger partial charge in [0.25, 0.3) is 0 Å². The van der Waals surface area contributed by atoms with E-state index in [1.807, 2.05) is 11.9 Å². The Balaban J connectivity index is 1.86. The van der Waals surface area contributed by atoms with Crippen LogP contribution in [0.2, 0.25) is 0 Å². The van der Waals surface area contributed by atoms with Crippen LogP contribution in [-0.2, 0) is 9.59 Å². The van der Waals surface area contributed by atoms with Gasteiger partial charge in [-0.3, -0.25) is 14.5 Å². The molecule has 0 radical (unpaired) electrons. The lowest BCUT2D eigenvalue weighted by atomic mass is 9.97. The van der Waals surface area contributed by atoms with E-state index in [1.165, 1.54) is 0 Å². The maximum atomic E-state index is 12.4. The average Bonchev–Trinajstić information content (AvgIpc) is 2.86. The van der Waals surface area contributed by atoms with Gasteiger partial charge in [-0.25, -0.2) is 0 Å². The summed E-state index contributed by atoms with van der Waals surface area (Å²) in [5, 5.41) is 3.19. The SMILES string of the molecule is CNCC1CCCN1CC(=O)N1CCCC(C(N)=O)C1. The minimum atomic E-state index is -0.281. The lowest BCUT2D eigenvalue weighted by molar-refractivity contribution is -0.136. The summed E-state index contributed by atoms with van der Waals surface area (Å²) in [5.41, 5.74) is 5.36. The smallest absolute Gasteiger partial charge is 0.236 e. The van der Waals surface area contributed by atoms with Gasteiger partial charge >= 0.3 is 0 Å². The predicted octanol–water partition coefficient (Wildman–Crippen LogP) is -0.606. The van der Waals surface area contributed by atoms with Crippen molar-refractivity contribution in [2.24, 2.45) is 11.7 Å². The standard InChI is InChI=1S/C14H26N4O2/c1-16-8-12-5-3-6-17(12)10-13(19)18-7-2-4-11(9-18)14(15)20/h11-12,16H,2-10H2,1H3,(H2,15,20). The number of likely N-dealkylation sites (tertiary alicyclic amines) is 2. The second kappa shape index (κ2) is 7.04. The zero-order valence-corrected chi connectivity index (χ0v) is 12.3. The molecule has 2 fully saturated rings. The fraction of sp³-hybridized carbons (Fsp3) is 0.857. The Morgan fingerprint density at radius 2 is 2.00 bits per heavy atom. The number of rotatable bonds is 5. The van der Waals surface area contributed by atoms with Crippen molar-refractivity contribution in [3.8, 4) is 0 Å². The summed E-state index contributed by atoms with van der Waals surface area (Å²) in [6.07, 6.45) is 3.99. The fourth-order valence-electron chi connectivity index (χ4n) is 3.28. The molecular weight excluding hydrogens is 256 g/mol. The summed E-state index contributed by atoms with van der Waals surface area (Å²) in [6.45, 7) is 3.64. The minimum absolute atomic E-state index is 0.138. The maximum absolute atomic E-state index is 12.4. The van der Waals surface area contributed by atoms with Crippen molar-refractivity contribution in [3.63, 3.8) is 0 Å². The molecule has 2 amide bonds. The highest BCUT2D eigenvalue weighted by Gasteiger charge is 2.30. The van der Waals surface area contributed by atoms with Crippen molar-refractivity contribution in [3.05, 3.63) is 0 Å². The lowest BCUT2D eigenvalue weighted by Crippen LogP contribution is -2.49. The average molecular weight is 282 g/mol. The zero-order chi connectivity index (χ0) is 14.5. The van der Waals surface area contributed by atoms with Crippen LogP contribution in [0.25, 0.3) is 0 Å². The van der Waals surface area contributed by atoms with E-state index in [9.17, 15) is 9.59 Å². The molecule has 20 heavy (non-hydrogen) atoms. The molecule has 0 aromatic heterocycles. The van der Waals surface area contributed by atoms with Gasteiger partial charge in [-0.2, -0.15) is 0 Å². The van der Waals surface area contributed by atoms with Crippen molar-refractivity contribution in [1.82, 2.24) is 15.1 Å². The van der Waals surface area contributed by atoms with Crippen LogP contribution in [0.3, 0.4) is 0 Å². The van der Waals surface area contributed by atoms with Crippen molar-refractivity contribution in [1.29, 1.82) is 0 Å². The van der Waals surface area contributed by atoms with Crippen molar-refractivity contribution in [2.75, 3.05) is 39.8 Å². The van der Waals surface area contributed by atoms with Crippen LogP contribution < -0.4 is 11.1 Å². The first kappa shape index (κ1) is 15.3. The number of likely N-dealkylation sites (N-methyl/N-ethyl adjacent to an activating group) is 1. The molecule has 3 N–H and O–H groups in total. The normalized spacial score (nSPS) is 27.8. The Labute approximate surface area is 120 Å². The monoisotopic (exact) mass is 282 g/mol. The Kier molecular flexibility index (Phi) is 5.37. The summed E-state index contributed by atoms with van der Waals surface area (Å²) in [4.78, 5) is 27.7. The number of carbonyl (C=O) groups is 2. The molecule has 0 saturated carbocycles.